The molecule has 8 heteroatoms. The molecule has 1 aliphatic rings. The van der Waals surface area contributed by atoms with Crippen LogP contribution in [0.3, 0.4) is 0 Å². The first kappa shape index (κ1) is 15.7. The largest absolute Gasteiger partial charge is 0.387 e. The van der Waals surface area contributed by atoms with Gasteiger partial charge in [0, 0.05) is 32.3 Å². The molecule has 0 radical (unpaired) electrons. The number of benzene rings is 1. The minimum Gasteiger partial charge on any atom is -0.387 e. The van der Waals surface area contributed by atoms with Gasteiger partial charge in [0.2, 0.25) is 10.0 Å². The molecule has 1 saturated heterocycles. The highest BCUT2D eigenvalue weighted by molar-refractivity contribution is 7.89. The summed E-state index contributed by atoms with van der Waals surface area (Å²) >= 11 is 0. The summed E-state index contributed by atoms with van der Waals surface area (Å²) in [6.07, 6.45) is 1.67. The van der Waals surface area contributed by atoms with Crippen molar-refractivity contribution in [3.8, 4) is 0 Å². The third-order valence-electron chi connectivity index (χ3n) is 3.80. The predicted octanol–water partition coefficient (Wildman–Crippen LogP) is 2.06. The van der Waals surface area contributed by atoms with Gasteiger partial charge in [0.25, 0.3) is 5.69 Å². The number of hydrogen-bond donors (Lipinski definition) is 1. The van der Waals surface area contributed by atoms with Gasteiger partial charge in [-0.15, -0.1) is 0 Å². The van der Waals surface area contributed by atoms with Crippen LogP contribution in [-0.2, 0) is 10.0 Å². The van der Waals surface area contributed by atoms with E-state index in [-0.39, 0.29) is 16.3 Å². The molecule has 0 spiro atoms. The van der Waals surface area contributed by atoms with Crippen molar-refractivity contribution in [2.45, 2.75) is 24.7 Å². The topological polar surface area (TPSA) is 92.5 Å². The van der Waals surface area contributed by atoms with E-state index in [1.165, 1.54) is 22.5 Å². The highest BCUT2D eigenvalue weighted by Crippen LogP contribution is 2.30. The third-order valence-corrected chi connectivity index (χ3v) is 5.76. The first-order valence-corrected chi connectivity index (χ1v) is 8.26. The Hall–Kier alpha value is -1.67. The van der Waals surface area contributed by atoms with Crippen LogP contribution in [0, 0.1) is 16.0 Å². The number of nitro groups is 1. The molecule has 7 nitrogen and oxygen atoms in total. The molecule has 0 saturated carbocycles. The van der Waals surface area contributed by atoms with E-state index in [0.29, 0.717) is 19.0 Å². The van der Waals surface area contributed by atoms with Gasteiger partial charge < -0.3 is 5.32 Å². The number of nitrogens with one attached hydrogen (secondary N) is 1. The molecule has 0 unspecified atom stereocenters. The first-order valence-electron chi connectivity index (χ1n) is 6.82. The Morgan fingerprint density at radius 2 is 1.95 bits per heavy atom. The number of nitrogens with zero attached hydrogens (tertiary/aromatic N) is 2. The Labute approximate surface area is 124 Å². The average molecular weight is 313 g/mol. The van der Waals surface area contributed by atoms with Crippen LogP contribution in [-0.4, -0.2) is 37.8 Å². The maximum Gasteiger partial charge on any atom is 0.271 e. The summed E-state index contributed by atoms with van der Waals surface area (Å²) in [7, 11) is -2.07. The molecule has 116 valence electrons. The van der Waals surface area contributed by atoms with Gasteiger partial charge >= 0.3 is 0 Å². The van der Waals surface area contributed by atoms with Crippen LogP contribution in [0.5, 0.6) is 0 Å². The summed E-state index contributed by atoms with van der Waals surface area (Å²) in [6, 6.07) is 3.77. The van der Waals surface area contributed by atoms with E-state index in [0.717, 1.165) is 12.8 Å². The van der Waals surface area contributed by atoms with E-state index in [1.807, 2.05) is 0 Å². The number of rotatable bonds is 4. The van der Waals surface area contributed by atoms with E-state index >= 15 is 0 Å². The summed E-state index contributed by atoms with van der Waals surface area (Å²) in [5.41, 5.74) is 0.119. The molecule has 0 aromatic heterocycles. The lowest BCUT2D eigenvalue weighted by molar-refractivity contribution is -0.384. The van der Waals surface area contributed by atoms with Crippen LogP contribution in [0.2, 0.25) is 0 Å². The molecule has 2 rings (SSSR count). The number of piperidine rings is 1. The zero-order valence-electron chi connectivity index (χ0n) is 12.1. The van der Waals surface area contributed by atoms with Crippen LogP contribution >= 0.6 is 0 Å². The van der Waals surface area contributed by atoms with Crippen molar-refractivity contribution in [2.24, 2.45) is 5.92 Å². The van der Waals surface area contributed by atoms with Gasteiger partial charge in [-0.3, -0.25) is 10.1 Å². The van der Waals surface area contributed by atoms with Crippen LogP contribution in [0.25, 0.3) is 0 Å². The zero-order valence-corrected chi connectivity index (χ0v) is 12.9. The molecule has 1 aromatic carbocycles. The Morgan fingerprint density at radius 3 is 2.48 bits per heavy atom. The van der Waals surface area contributed by atoms with Gasteiger partial charge in [-0.2, -0.15) is 4.31 Å². The second kappa shape index (κ2) is 5.98. The molecule has 21 heavy (non-hydrogen) atoms. The van der Waals surface area contributed by atoms with E-state index in [4.69, 9.17) is 0 Å². The monoisotopic (exact) mass is 313 g/mol. The van der Waals surface area contributed by atoms with Crippen molar-refractivity contribution in [3.63, 3.8) is 0 Å². The Balaban J connectivity index is 2.38. The normalized spacial score (nSPS) is 17.6. The maximum absolute atomic E-state index is 12.7. The maximum atomic E-state index is 12.7. The van der Waals surface area contributed by atoms with Crippen molar-refractivity contribution >= 4 is 21.4 Å². The minimum atomic E-state index is -3.62. The number of sulfonamides is 1. The fourth-order valence-corrected chi connectivity index (χ4v) is 4.06. The molecule has 1 aliphatic heterocycles. The molecule has 1 aromatic rings. The highest BCUT2D eigenvalue weighted by atomic mass is 32.2. The lowest BCUT2D eigenvalue weighted by Gasteiger charge is -2.29. The van der Waals surface area contributed by atoms with Crippen LogP contribution in [0.15, 0.2) is 23.1 Å². The van der Waals surface area contributed by atoms with Gasteiger partial charge in [0.05, 0.1) is 10.6 Å². The zero-order chi connectivity index (χ0) is 15.6. The Bertz CT molecular complexity index is 637. The summed E-state index contributed by atoms with van der Waals surface area (Å²) in [6.45, 7) is 3.09. The standard InChI is InChI=1S/C13H19N3O4S/c1-10-5-7-15(8-6-10)21(19,20)13-4-3-11(16(17)18)9-12(13)14-2/h3-4,9-10,14H,5-8H2,1-2H3. The van der Waals surface area contributed by atoms with E-state index in [2.05, 4.69) is 12.2 Å². The van der Waals surface area contributed by atoms with Crippen molar-refractivity contribution in [2.75, 3.05) is 25.5 Å². The quantitative estimate of drug-likeness (QED) is 0.678. The smallest absolute Gasteiger partial charge is 0.271 e. The molecule has 1 N–H and O–H groups in total. The molecule has 1 heterocycles. The lowest BCUT2D eigenvalue weighted by atomic mass is 10.0. The van der Waals surface area contributed by atoms with Crippen molar-refractivity contribution in [1.82, 2.24) is 4.31 Å². The van der Waals surface area contributed by atoms with Gasteiger partial charge in [0.15, 0.2) is 0 Å². The van der Waals surface area contributed by atoms with Crippen LogP contribution in [0.4, 0.5) is 11.4 Å². The summed E-state index contributed by atoms with van der Waals surface area (Å²) < 4.78 is 26.8. The minimum absolute atomic E-state index is 0.0881. The second-order valence-corrected chi connectivity index (χ2v) is 7.18. The second-order valence-electron chi connectivity index (χ2n) is 5.27. The van der Waals surface area contributed by atoms with Gasteiger partial charge in [-0.05, 0) is 24.8 Å². The van der Waals surface area contributed by atoms with Gasteiger partial charge in [0.1, 0.15) is 4.90 Å². The SMILES string of the molecule is CNc1cc([N+](=O)[O-])ccc1S(=O)(=O)N1CCC(C)CC1. The van der Waals surface area contributed by atoms with Crippen molar-refractivity contribution in [1.29, 1.82) is 0 Å². The van der Waals surface area contributed by atoms with Crippen LogP contribution in [0.1, 0.15) is 19.8 Å². The number of non-ortho nitro benzene ring substituents is 1. The molecule has 0 amide bonds. The molecule has 0 aliphatic carbocycles. The third kappa shape index (κ3) is 3.16. The summed E-state index contributed by atoms with van der Waals surface area (Å²) in [5.74, 6) is 0.525. The number of hydrogen-bond acceptors (Lipinski definition) is 5. The fraction of sp³-hybridized carbons (Fsp3) is 0.538. The Kier molecular flexibility index (Phi) is 4.48. The van der Waals surface area contributed by atoms with E-state index in [1.54, 1.807) is 7.05 Å². The van der Waals surface area contributed by atoms with E-state index in [9.17, 15) is 18.5 Å². The molecular weight excluding hydrogens is 294 g/mol. The van der Waals surface area contributed by atoms with Crippen molar-refractivity contribution < 1.29 is 13.3 Å². The Morgan fingerprint density at radius 1 is 1.33 bits per heavy atom. The summed E-state index contributed by atoms with van der Waals surface area (Å²) in [4.78, 5) is 10.3. The molecule has 0 bridgehead atoms. The molecular formula is C13H19N3O4S. The van der Waals surface area contributed by atoms with Crippen LogP contribution < -0.4 is 5.32 Å². The summed E-state index contributed by atoms with van der Waals surface area (Å²) in [5, 5.41) is 13.5. The number of anilines is 1. The number of nitro benzene ring substituents is 1. The van der Waals surface area contributed by atoms with Gasteiger partial charge in [-0.1, -0.05) is 6.92 Å². The lowest BCUT2D eigenvalue weighted by Crippen LogP contribution is -2.38. The average Bonchev–Trinajstić information content (AvgIpc) is 2.46. The van der Waals surface area contributed by atoms with Crippen molar-refractivity contribution in [3.05, 3.63) is 28.3 Å². The molecule has 1 fully saturated rings. The van der Waals surface area contributed by atoms with Gasteiger partial charge in [-0.25, -0.2) is 8.42 Å². The highest BCUT2D eigenvalue weighted by Gasteiger charge is 2.30. The fourth-order valence-electron chi connectivity index (χ4n) is 2.42. The first-order chi connectivity index (χ1) is 9.86. The predicted molar refractivity (Wildman–Crippen MR) is 79.8 cm³/mol. The molecule has 0 atom stereocenters. The van der Waals surface area contributed by atoms with E-state index < -0.39 is 14.9 Å².